The van der Waals surface area contributed by atoms with E-state index < -0.39 is 0 Å². The van der Waals surface area contributed by atoms with E-state index >= 15 is 0 Å². The molecule has 0 radical (unpaired) electrons. The Morgan fingerprint density at radius 1 is 1.07 bits per heavy atom. The highest BCUT2D eigenvalue weighted by molar-refractivity contribution is 5.93. The minimum Gasteiger partial charge on any atom is -0.367 e. The standard InChI is InChI=1S/C23H30N4O/c1-17-24-21(16-22(25-17)26-20-9-5-6-10-20)23(28)27-13-11-19(12-14-27)15-18-7-3-2-4-8-18/h2-4,7-8,16,19-20H,5-6,9-15H2,1H3,(H,24,25,26). The van der Waals surface area contributed by atoms with Crippen LogP contribution in [0, 0.1) is 12.8 Å². The number of hydrogen-bond donors (Lipinski definition) is 1. The van der Waals surface area contributed by atoms with Gasteiger partial charge in [0.15, 0.2) is 0 Å². The molecular weight excluding hydrogens is 348 g/mol. The number of anilines is 1. The molecule has 1 saturated carbocycles. The van der Waals surface area contributed by atoms with Crippen LogP contribution in [0.1, 0.15) is 60.4 Å². The van der Waals surface area contributed by atoms with E-state index in [4.69, 9.17) is 0 Å². The molecular formula is C23H30N4O. The third kappa shape index (κ3) is 4.70. The number of rotatable bonds is 5. The van der Waals surface area contributed by atoms with Crippen LogP contribution in [-0.4, -0.2) is 39.9 Å². The van der Waals surface area contributed by atoms with Gasteiger partial charge in [-0.25, -0.2) is 9.97 Å². The van der Waals surface area contributed by atoms with Crippen LogP contribution in [0.15, 0.2) is 36.4 Å². The summed E-state index contributed by atoms with van der Waals surface area (Å²) in [5.41, 5.74) is 1.91. The zero-order valence-corrected chi connectivity index (χ0v) is 16.7. The first-order valence-corrected chi connectivity index (χ1v) is 10.6. The number of aromatic nitrogens is 2. The van der Waals surface area contributed by atoms with E-state index in [2.05, 4.69) is 45.6 Å². The van der Waals surface area contributed by atoms with Crippen LogP contribution in [0.3, 0.4) is 0 Å². The van der Waals surface area contributed by atoms with E-state index in [1.807, 2.05) is 17.9 Å². The van der Waals surface area contributed by atoms with Gasteiger partial charge in [-0.1, -0.05) is 43.2 Å². The molecule has 1 saturated heterocycles. The van der Waals surface area contributed by atoms with Crippen molar-refractivity contribution < 1.29 is 4.79 Å². The fourth-order valence-corrected chi connectivity index (χ4v) is 4.48. The molecule has 1 aromatic heterocycles. The van der Waals surface area contributed by atoms with E-state index in [0.717, 1.165) is 38.2 Å². The van der Waals surface area contributed by atoms with Crippen molar-refractivity contribution in [3.05, 3.63) is 53.5 Å². The molecule has 2 aliphatic rings. The lowest BCUT2D eigenvalue weighted by atomic mass is 9.90. The minimum atomic E-state index is 0.0399. The number of nitrogens with zero attached hydrogens (tertiary/aromatic N) is 3. The van der Waals surface area contributed by atoms with Crippen LogP contribution in [0.25, 0.3) is 0 Å². The fourth-order valence-electron chi connectivity index (χ4n) is 4.48. The summed E-state index contributed by atoms with van der Waals surface area (Å²) in [5.74, 6) is 2.14. The van der Waals surface area contributed by atoms with Gasteiger partial charge in [-0.2, -0.15) is 0 Å². The number of piperidine rings is 1. The smallest absolute Gasteiger partial charge is 0.272 e. The number of aryl methyl sites for hydroxylation is 1. The van der Waals surface area contributed by atoms with Gasteiger partial charge in [-0.05, 0) is 50.5 Å². The molecule has 2 aromatic rings. The maximum Gasteiger partial charge on any atom is 0.272 e. The van der Waals surface area contributed by atoms with E-state index in [0.29, 0.717) is 23.5 Å². The summed E-state index contributed by atoms with van der Waals surface area (Å²) in [6.07, 6.45) is 8.11. The first kappa shape index (κ1) is 18.9. The van der Waals surface area contributed by atoms with Gasteiger partial charge in [0.25, 0.3) is 5.91 Å². The molecule has 148 valence electrons. The molecule has 0 unspecified atom stereocenters. The second-order valence-electron chi connectivity index (χ2n) is 8.24. The van der Waals surface area contributed by atoms with Gasteiger partial charge in [0.1, 0.15) is 17.3 Å². The number of carbonyl (C=O) groups is 1. The second kappa shape index (κ2) is 8.72. The number of nitrogens with one attached hydrogen (secondary N) is 1. The Morgan fingerprint density at radius 2 is 1.79 bits per heavy atom. The summed E-state index contributed by atoms with van der Waals surface area (Å²) < 4.78 is 0. The second-order valence-corrected chi connectivity index (χ2v) is 8.24. The predicted octanol–water partition coefficient (Wildman–Crippen LogP) is 4.23. The van der Waals surface area contributed by atoms with Crippen molar-refractivity contribution in [3.63, 3.8) is 0 Å². The number of carbonyl (C=O) groups excluding carboxylic acids is 1. The summed E-state index contributed by atoms with van der Waals surface area (Å²) in [5, 5.41) is 3.49. The Bertz CT molecular complexity index is 794. The molecule has 0 spiro atoms. The van der Waals surface area contributed by atoms with Gasteiger partial charge in [-0.15, -0.1) is 0 Å². The molecule has 0 bridgehead atoms. The van der Waals surface area contributed by atoms with Crippen molar-refractivity contribution in [2.45, 2.75) is 57.9 Å². The summed E-state index contributed by atoms with van der Waals surface area (Å²) in [7, 11) is 0. The highest BCUT2D eigenvalue weighted by Gasteiger charge is 2.25. The largest absolute Gasteiger partial charge is 0.367 e. The number of benzene rings is 1. The van der Waals surface area contributed by atoms with E-state index in [1.54, 1.807) is 0 Å². The van der Waals surface area contributed by atoms with Crippen LogP contribution in [-0.2, 0) is 6.42 Å². The first-order chi connectivity index (χ1) is 13.7. The van der Waals surface area contributed by atoms with Crippen molar-refractivity contribution in [2.24, 2.45) is 5.92 Å². The van der Waals surface area contributed by atoms with Gasteiger partial charge in [0.05, 0.1) is 0 Å². The average Bonchev–Trinajstić information content (AvgIpc) is 3.21. The highest BCUT2D eigenvalue weighted by atomic mass is 16.2. The van der Waals surface area contributed by atoms with E-state index in [9.17, 15) is 4.79 Å². The maximum atomic E-state index is 13.0. The lowest BCUT2D eigenvalue weighted by molar-refractivity contribution is 0.0684. The van der Waals surface area contributed by atoms with Gasteiger partial charge >= 0.3 is 0 Å². The lowest BCUT2D eigenvalue weighted by Gasteiger charge is -2.32. The molecule has 5 heteroatoms. The third-order valence-corrected chi connectivity index (χ3v) is 6.03. The van der Waals surface area contributed by atoms with Gasteiger partial charge < -0.3 is 10.2 Å². The van der Waals surface area contributed by atoms with Crippen LogP contribution < -0.4 is 5.32 Å². The van der Waals surface area contributed by atoms with Gasteiger partial charge in [0.2, 0.25) is 0 Å². The highest BCUT2D eigenvalue weighted by Crippen LogP contribution is 2.24. The SMILES string of the molecule is Cc1nc(NC2CCCC2)cc(C(=O)N2CCC(Cc3ccccc3)CC2)n1. The molecule has 4 rings (SSSR count). The quantitative estimate of drug-likeness (QED) is 0.846. The Morgan fingerprint density at radius 3 is 2.50 bits per heavy atom. The normalized spacial score (nSPS) is 18.4. The van der Waals surface area contributed by atoms with Crippen molar-refractivity contribution in [3.8, 4) is 0 Å². The van der Waals surface area contributed by atoms with Crippen molar-refractivity contribution in [1.29, 1.82) is 0 Å². The molecule has 5 nitrogen and oxygen atoms in total. The monoisotopic (exact) mass is 378 g/mol. The third-order valence-electron chi connectivity index (χ3n) is 6.03. The first-order valence-electron chi connectivity index (χ1n) is 10.6. The molecule has 1 N–H and O–H groups in total. The van der Waals surface area contributed by atoms with Gasteiger partial charge in [-0.3, -0.25) is 4.79 Å². The molecule has 1 aliphatic carbocycles. The lowest BCUT2D eigenvalue weighted by Crippen LogP contribution is -2.39. The topological polar surface area (TPSA) is 58.1 Å². The van der Waals surface area contributed by atoms with Crippen LogP contribution in [0.4, 0.5) is 5.82 Å². The number of amides is 1. The molecule has 0 atom stereocenters. The predicted molar refractivity (Wildman–Crippen MR) is 111 cm³/mol. The number of hydrogen-bond acceptors (Lipinski definition) is 4. The molecule has 28 heavy (non-hydrogen) atoms. The molecule has 1 aromatic carbocycles. The molecule has 1 amide bonds. The Kier molecular flexibility index (Phi) is 5.89. The molecule has 2 fully saturated rings. The summed E-state index contributed by atoms with van der Waals surface area (Å²) in [6, 6.07) is 13.0. The van der Waals surface area contributed by atoms with E-state index in [1.165, 1.54) is 31.2 Å². The van der Waals surface area contributed by atoms with Crippen LogP contribution in [0.2, 0.25) is 0 Å². The zero-order valence-electron chi connectivity index (χ0n) is 16.7. The zero-order chi connectivity index (χ0) is 19.3. The van der Waals surface area contributed by atoms with Crippen LogP contribution >= 0.6 is 0 Å². The van der Waals surface area contributed by atoms with Crippen LogP contribution in [0.5, 0.6) is 0 Å². The average molecular weight is 379 g/mol. The molecule has 1 aliphatic heterocycles. The minimum absolute atomic E-state index is 0.0399. The summed E-state index contributed by atoms with van der Waals surface area (Å²) in [6.45, 7) is 3.48. The van der Waals surface area contributed by atoms with E-state index in [-0.39, 0.29) is 5.91 Å². The Labute approximate surface area is 167 Å². The van der Waals surface area contributed by atoms with Crippen molar-refractivity contribution >= 4 is 11.7 Å². The molecule has 2 heterocycles. The maximum absolute atomic E-state index is 13.0. The summed E-state index contributed by atoms with van der Waals surface area (Å²) in [4.78, 5) is 23.9. The Balaban J connectivity index is 1.36. The number of likely N-dealkylation sites (tertiary alicyclic amines) is 1. The summed E-state index contributed by atoms with van der Waals surface area (Å²) >= 11 is 0. The van der Waals surface area contributed by atoms with Crippen molar-refractivity contribution in [2.75, 3.05) is 18.4 Å². The Hall–Kier alpha value is -2.43. The fraction of sp³-hybridized carbons (Fsp3) is 0.522. The van der Waals surface area contributed by atoms with Crippen molar-refractivity contribution in [1.82, 2.24) is 14.9 Å². The van der Waals surface area contributed by atoms with Gasteiger partial charge in [0, 0.05) is 25.2 Å².